The van der Waals surface area contributed by atoms with Gasteiger partial charge in [-0.2, -0.15) is 5.10 Å². The highest BCUT2D eigenvalue weighted by Crippen LogP contribution is 2.35. The number of hydrogen-bond donors (Lipinski definition) is 1. The average Bonchev–Trinajstić information content (AvgIpc) is 3.25. The van der Waals surface area contributed by atoms with E-state index in [2.05, 4.69) is 15.1 Å². The second kappa shape index (κ2) is 8.31. The Kier molecular flexibility index (Phi) is 5.35. The number of fused-ring (bicyclic) bond motifs is 1. The highest BCUT2D eigenvalue weighted by molar-refractivity contribution is 6.35. The molecule has 4 aromatic rings. The predicted molar refractivity (Wildman–Crippen MR) is 125 cm³/mol. The number of carbonyl (C=O) groups is 1. The Morgan fingerprint density at radius 3 is 2.69 bits per heavy atom. The highest BCUT2D eigenvalue weighted by atomic mass is 35.5. The molecule has 3 aromatic heterocycles. The van der Waals surface area contributed by atoms with Crippen molar-refractivity contribution in [3.63, 3.8) is 0 Å². The van der Waals surface area contributed by atoms with Crippen molar-refractivity contribution in [3.8, 4) is 22.6 Å². The van der Waals surface area contributed by atoms with Gasteiger partial charge in [-0.05, 0) is 37.1 Å². The normalized spacial score (nSPS) is 14.7. The zero-order valence-corrected chi connectivity index (χ0v) is 18.5. The third kappa shape index (κ3) is 3.73. The summed E-state index contributed by atoms with van der Waals surface area (Å²) in [5.41, 5.74) is 9.63. The lowest BCUT2D eigenvalue weighted by Crippen LogP contribution is -2.21. The zero-order valence-electron chi connectivity index (χ0n) is 17.8. The first kappa shape index (κ1) is 20.6. The minimum Gasteiger partial charge on any atom is -0.382 e. The number of nitrogens with zero attached hydrogens (tertiary/aromatic N) is 5. The van der Waals surface area contributed by atoms with Crippen molar-refractivity contribution in [2.45, 2.75) is 32.1 Å². The second-order valence-electron chi connectivity index (χ2n) is 8.26. The zero-order chi connectivity index (χ0) is 22.2. The maximum absolute atomic E-state index is 13.3. The lowest BCUT2D eigenvalue weighted by molar-refractivity contribution is 0.0885. The number of nitrogen functional groups attached to an aromatic ring is 1. The molecule has 1 aliphatic carbocycles. The molecule has 0 amide bonds. The van der Waals surface area contributed by atoms with E-state index in [-0.39, 0.29) is 23.2 Å². The molecule has 0 radical (unpaired) electrons. The molecule has 0 bridgehead atoms. The van der Waals surface area contributed by atoms with E-state index in [0.29, 0.717) is 27.6 Å². The van der Waals surface area contributed by atoms with Crippen LogP contribution in [0.1, 0.15) is 42.6 Å². The fraction of sp³-hybridized carbons (Fsp3) is 0.292. The van der Waals surface area contributed by atoms with Crippen LogP contribution in [0.15, 0.2) is 42.7 Å². The molecular weight excluding hydrogens is 424 g/mol. The molecule has 2 N–H and O–H groups in total. The van der Waals surface area contributed by atoms with Crippen LogP contribution in [-0.2, 0) is 7.05 Å². The van der Waals surface area contributed by atoms with Gasteiger partial charge in [-0.15, -0.1) is 0 Å². The van der Waals surface area contributed by atoms with Crippen LogP contribution in [0, 0.1) is 5.92 Å². The van der Waals surface area contributed by atoms with Crippen LogP contribution in [-0.4, -0.2) is 30.5 Å². The van der Waals surface area contributed by atoms with Crippen LogP contribution in [0.2, 0.25) is 5.02 Å². The minimum absolute atomic E-state index is 0.0305. The van der Waals surface area contributed by atoms with Gasteiger partial charge in [0.25, 0.3) is 0 Å². The fourth-order valence-corrected chi connectivity index (χ4v) is 4.67. The molecule has 0 spiro atoms. The van der Waals surface area contributed by atoms with Crippen molar-refractivity contribution in [1.29, 1.82) is 0 Å². The van der Waals surface area contributed by atoms with Gasteiger partial charge < -0.3 is 5.73 Å². The number of pyridine rings is 1. The first-order valence-corrected chi connectivity index (χ1v) is 11.2. The van der Waals surface area contributed by atoms with Crippen LogP contribution in [0.4, 0.5) is 5.82 Å². The first-order valence-electron chi connectivity index (χ1n) is 10.8. The Morgan fingerprint density at radius 1 is 1.12 bits per heavy atom. The van der Waals surface area contributed by atoms with Gasteiger partial charge in [0.2, 0.25) is 0 Å². The van der Waals surface area contributed by atoms with Crippen LogP contribution in [0.25, 0.3) is 33.5 Å². The van der Waals surface area contributed by atoms with Crippen LogP contribution in [0.5, 0.6) is 0 Å². The quantitative estimate of drug-likeness (QED) is 0.438. The number of benzene rings is 1. The van der Waals surface area contributed by atoms with Gasteiger partial charge >= 0.3 is 0 Å². The topological polar surface area (TPSA) is 99.6 Å². The van der Waals surface area contributed by atoms with Gasteiger partial charge in [-0.1, -0.05) is 36.9 Å². The summed E-state index contributed by atoms with van der Waals surface area (Å²) in [6, 6.07) is 9.40. The van der Waals surface area contributed by atoms with Crippen molar-refractivity contribution in [2.75, 3.05) is 5.73 Å². The van der Waals surface area contributed by atoms with Crippen molar-refractivity contribution in [1.82, 2.24) is 24.7 Å². The van der Waals surface area contributed by atoms with Crippen molar-refractivity contribution < 1.29 is 4.79 Å². The smallest absolute Gasteiger partial charge is 0.188 e. The van der Waals surface area contributed by atoms with E-state index in [1.54, 1.807) is 16.9 Å². The lowest BCUT2D eigenvalue weighted by Gasteiger charge is -2.21. The van der Waals surface area contributed by atoms with Crippen molar-refractivity contribution in [2.24, 2.45) is 13.0 Å². The van der Waals surface area contributed by atoms with Gasteiger partial charge in [0.05, 0.1) is 16.2 Å². The standard InChI is InChI=1S/C24H23ClN6O/c1-31-11-9-18(30-31)21-20(16-12-15-8-5-10-27-19(15)17(25)13-16)28-22(24(26)29-21)23(32)14-6-3-2-4-7-14/h5,8-14H,2-4,6-7H2,1H3,(H2,26,29). The average molecular weight is 447 g/mol. The SMILES string of the molecule is Cn1ccc(-c2nc(N)c(C(=O)C3CCCCC3)nc2-c2cc(Cl)c3ncccc3c2)n1. The number of nitrogens with two attached hydrogens (primary N) is 1. The van der Waals surface area contributed by atoms with Gasteiger partial charge in [0, 0.05) is 36.3 Å². The van der Waals surface area contributed by atoms with Crippen molar-refractivity contribution in [3.05, 3.63) is 53.4 Å². The Morgan fingerprint density at radius 2 is 1.94 bits per heavy atom. The van der Waals surface area contributed by atoms with E-state index in [0.717, 1.165) is 36.6 Å². The monoisotopic (exact) mass is 446 g/mol. The van der Waals surface area contributed by atoms with Gasteiger partial charge in [-0.25, -0.2) is 9.97 Å². The van der Waals surface area contributed by atoms with E-state index in [9.17, 15) is 4.79 Å². The number of carbonyl (C=O) groups excluding carboxylic acids is 1. The molecule has 1 aliphatic rings. The van der Waals surface area contributed by atoms with E-state index >= 15 is 0 Å². The van der Waals surface area contributed by atoms with E-state index in [1.807, 2.05) is 37.5 Å². The number of ketones is 1. The molecule has 32 heavy (non-hydrogen) atoms. The summed E-state index contributed by atoms with van der Waals surface area (Å²) in [5, 5.41) is 5.86. The highest BCUT2D eigenvalue weighted by Gasteiger charge is 2.28. The second-order valence-corrected chi connectivity index (χ2v) is 8.67. The molecule has 0 saturated heterocycles. The largest absolute Gasteiger partial charge is 0.382 e. The number of halogens is 1. The van der Waals surface area contributed by atoms with Crippen LogP contribution < -0.4 is 5.73 Å². The molecule has 7 nitrogen and oxygen atoms in total. The molecule has 1 aromatic carbocycles. The van der Waals surface area contributed by atoms with E-state index < -0.39 is 0 Å². The summed E-state index contributed by atoms with van der Waals surface area (Å²) in [5.74, 6) is 0.0499. The van der Waals surface area contributed by atoms with Gasteiger partial charge in [0.1, 0.15) is 17.1 Å². The molecule has 0 atom stereocenters. The van der Waals surface area contributed by atoms with E-state index in [1.165, 1.54) is 6.42 Å². The van der Waals surface area contributed by atoms with Crippen LogP contribution >= 0.6 is 11.6 Å². The number of hydrogen-bond acceptors (Lipinski definition) is 6. The number of aromatic nitrogens is 5. The molecule has 8 heteroatoms. The third-order valence-corrected chi connectivity index (χ3v) is 6.31. The number of aryl methyl sites for hydroxylation is 1. The molecule has 162 valence electrons. The summed E-state index contributed by atoms with van der Waals surface area (Å²) >= 11 is 6.55. The summed E-state index contributed by atoms with van der Waals surface area (Å²) in [6.07, 6.45) is 8.53. The van der Waals surface area contributed by atoms with Gasteiger partial charge in [0.15, 0.2) is 11.6 Å². The van der Waals surface area contributed by atoms with Gasteiger partial charge in [-0.3, -0.25) is 14.5 Å². The molecule has 0 aliphatic heterocycles. The van der Waals surface area contributed by atoms with Crippen LogP contribution in [0.3, 0.4) is 0 Å². The predicted octanol–water partition coefficient (Wildman–Crippen LogP) is 5.09. The fourth-order valence-electron chi connectivity index (χ4n) is 4.39. The molecule has 5 rings (SSSR count). The summed E-state index contributed by atoms with van der Waals surface area (Å²) < 4.78 is 1.69. The van der Waals surface area contributed by atoms with Crippen molar-refractivity contribution >= 4 is 34.1 Å². The molecule has 3 heterocycles. The first-order chi connectivity index (χ1) is 15.5. The number of anilines is 1. The summed E-state index contributed by atoms with van der Waals surface area (Å²) in [7, 11) is 1.83. The number of Topliss-reactive ketones (excluding diaryl/α,β-unsaturated/α-hetero) is 1. The number of rotatable bonds is 4. The van der Waals surface area contributed by atoms with E-state index in [4.69, 9.17) is 22.3 Å². The molecule has 1 fully saturated rings. The molecular formula is C24H23ClN6O. The summed E-state index contributed by atoms with van der Waals surface area (Å²) in [6.45, 7) is 0. The third-order valence-electron chi connectivity index (χ3n) is 6.02. The maximum Gasteiger partial charge on any atom is 0.188 e. The Labute approximate surface area is 190 Å². The molecule has 1 saturated carbocycles. The Hall–Kier alpha value is -3.32. The maximum atomic E-state index is 13.3. The lowest BCUT2D eigenvalue weighted by atomic mass is 9.85. The minimum atomic E-state index is -0.0571. The summed E-state index contributed by atoms with van der Waals surface area (Å²) in [4.78, 5) is 27.1. The Balaban J connectivity index is 1.71. The molecule has 0 unspecified atom stereocenters. The Bertz CT molecular complexity index is 1330.